The highest BCUT2D eigenvalue weighted by molar-refractivity contribution is 5.87. The number of carbonyl (C=O) groups excluding carboxylic acids is 1. The lowest BCUT2D eigenvalue weighted by Crippen LogP contribution is -1.93. The van der Waals surface area contributed by atoms with Gasteiger partial charge in [0.05, 0.1) is 16.5 Å². The van der Waals surface area contributed by atoms with E-state index in [1.54, 1.807) is 7.05 Å². The molecule has 0 aliphatic carbocycles. The number of aromatic nitrogens is 2. The van der Waals surface area contributed by atoms with Crippen LogP contribution in [0.1, 0.15) is 10.4 Å². The third kappa shape index (κ3) is 1.09. The normalized spacial score (nSPS) is 10.8. The van der Waals surface area contributed by atoms with Crippen molar-refractivity contribution in [1.29, 1.82) is 0 Å². The molecule has 1 heterocycles. The highest BCUT2D eigenvalue weighted by Crippen LogP contribution is 2.21. The van der Waals surface area contributed by atoms with Gasteiger partial charge in [-0.3, -0.25) is 9.48 Å². The van der Waals surface area contributed by atoms with Crippen LogP contribution in [0.25, 0.3) is 10.9 Å². The lowest BCUT2D eigenvalue weighted by Gasteiger charge is -1.96. The molecule has 14 heavy (non-hydrogen) atoms. The number of rotatable bonds is 1. The van der Waals surface area contributed by atoms with Gasteiger partial charge in [0.1, 0.15) is 11.6 Å². The van der Waals surface area contributed by atoms with Crippen molar-refractivity contribution >= 4 is 17.2 Å². The van der Waals surface area contributed by atoms with Crippen LogP contribution in [0, 0.1) is 11.6 Å². The van der Waals surface area contributed by atoms with E-state index >= 15 is 0 Å². The van der Waals surface area contributed by atoms with Crippen LogP contribution >= 0.6 is 0 Å². The van der Waals surface area contributed by atoms with Gasteiger partial charge < -0.3 is 0 Å². The molecule has 0 N–H and O–H groups in total. The smallest absolute Gasteiger partial charge is 0.155 e. The van der Waals surface area contributed by atoms with Crippen LogP contribution in [0.3, 0.4) is 0 Å². The summed E-state index contributed by atoms with van der Waals surface area (Å²) in [5, 5.41) is 3.98. The Morgan fingerprint density at radius 3 is 2.86 bits per heavy atom. The quantitative estimate of drug-likeness (QED) is 0.650. The van der Waals surface area contributed by atoms with Crippen LogP contribution in [-0.2, 0) is 7.05 Å². The van der Waals surface area contributed by atoms with Gasteiger partial charge in [-0.05, 0) is 0 Å². The van der Waals surface area contributed by atoms with Gasteiger partial charge in [-0.25, -0.2) is 8.78 Å². The minimum absolute atomic E-state index is 0.149. The summed E-state index contributed by atoms with van der Waals surface area (Å²) in [6.07, 6.45) is 1.56. The second kappa shape index (κ2) is 2.87. The number of nitrogens with zero attached hydrogens (tertiary/aromatic N) is 2. The molecule has 2 rings (SSSR count). The van der Waals surface area contributed by atoms with Gasteiger partial charge in [0.25, 0.3) is 0 Å². The molecular weight excluding hydrogens is 190 g/mol. The molecule has 0 unspecified atom stereocenters. The average molecular weight is 196 g/mol. The zero-order valence-corrected chi connectivity index (χ0v) is 7.29. The summed E-state index contributed by atoms with van der Waals surface area (Å²) in [5.41, 5.74) is -0.349. The van der Waals surface area contributed by atoms with Crippen LogP contribution in [0.4, 0.5) is 8.78 Å². The molecule has 0 aliphatic heterocycles. The first-order chi connectivity index (χ1) is 6.63. The van der Waals surface area contributed by atoms with Crippen molar-refractivity contribution in [2.45, 2.75) is 0 Å². The monoisotopic (exact) mass is 196 g/mol. The molecule has 0 atom stereocenters. The predicted octanol–water partition coefficient (Wildman–Crippen LogP) is 1.66. The zero-order valence-electron chi connectivity index (χ0n) is 7.29. The van der Waals surface area contributed by atoms with Crippen LogP contribution in [0.5, 0.6) is 0 Å². The summed E-state index contributed by atoms with van der Waals surface area (Å²) in [7, 11) is 1.60. The fraction of sp³-hybridized carbons (Fsp3) is 0.111. The third-order valence-electron chi connectivity index (χ3n) is 1.97. The Bertz CT molecular complexity index is 519. The molecule has 0 radical (unpaired) electrons. The Balaban J connectivity index is 2.91. The van der Waals surface area contributed by atoms with E-state index in [-0.39, 0.29) is 17.2 Å². The molecule has 0 saturated carbocycles. The minimum Gasteiger partial charge on any atom is -0.298 e. The molecule has 1 aromatic heterocycles. The van der Waals surface area contributed by atoms with Crippen LogP contribution < -0.4 is 0 Å². The lowest BCUT2D eigenvalue weighted by molar-refractivity contribution is 0.111. The average Bonchev–Trinajstić information content (AvgIpc) is 2.47. The third-order valence-corrected chi connectivity index (χ3v) is 1.97. The molecule has 0 aliphatic rings. The van der Waals surface area contributed by atoms with Crippen molar-refractivity contribution in [1.82, 2.24) is 9.78 Å². The van der Waals surface area contributed by atoms with E-state index in [0.717, 1.165) is 6.07 Å². The molecule has 0 spiro atoms. The molecule has 3 nitrogen and oxygen atoms in total. The zero-order chi connectivity index (χ0) is 10.3. The maximum absolute atomic E-state index is 13.4. The van der Waals surface area contributed by atoms with Crippen molar-refractivity contribution in [3.8, 4) is 0 Å². The summed E-state index contributed by atoms with van der Waals surface area (Å²) in [4.78, 5) is 10.4. The molecule has 72 valence electrons. The second-order valence-corrected chi connectivity index (χ2v) is 2.94. The van der Waals surface area contributed by atoms with E-state index < -0.39 is 17.2 Å². The van der Waals surface area contributed by atoms with E-state index in [9.17, 15) is 13.6 Å². The van der Waals surface area contributed by atoms with Gasteiger partial charge in [-0.1, -0.05) is 0 Å². The van der Waals surface area contributed by atoms with Gasteiger partial charge in [0.2, 0.25) is 0 Å². The Kier molecular flexibility index (Phi) is 1.80. The number of fused-ring (bicyclic) bond motifs is 1. The molecule has 2 aromatic rings. The fourth-order valence-electron chi connectivity index (χ4n) is 1.34. The van der Waals surface area contributed by atoms with Gasteiger partial charge in [0.15, 0.2) is 6.29 Å². The highest BCUT2D eigenvalue weighted by atomic mass is 19.1. The number of hydrogen-bond donors (Lipinski definition) is 0. The van der Waals surface area contributed by atoms with Crippen molar-refractivity contribution in [3.63, 3.8) is 0 Å². The van der Waals surface area contributed by atoms with Crippen molar-refractivity contribution < 1.29 is 13.6 Å². The van der Waals surface area contributed by atoms with Crippen molar-refractivity contribution in [2.75, 3.05) is 0 Å². The van der Waals surface area contributed by atoms with E-state index in [2.05, 4.69) is 5.10 Å². The molecule has 1 aromatic carbocycles. The number of halogens is 2. The first kappa shape index (κ1) is 8.80. The van der Waals surface area contributed by atoms with E-state index in [0.29, 0.717) is 0 Å². The standard InChI is InChI=1S/C9H6F2N2O/c1-13-3-5-8(12-13)2-7(10)6(4-14)9(5)11/h2-4H,1H3. The summed E-state index contributed by atoms with van der Waals surface area (Å²) in [5.74, 6) is -1.74. The Hall–Kier alpha value is -1.78. The topological polar surface area (TPSA) is 34.9 Å². The van der Waals surface area contributed by atoms with Crippen molar-refractivity contribution in [2.24, 2.45) is 7.05 Å². The van der Waals surface area contributed by atoms with Gasteiger partial charge in [-0.2, -0.15) is 5.10 Å². The Morgan fingerprint density at radius 2 is 2.21 bits per heavy atom. The van der Waals surface area contributed by atoms with Crippen LogP contribution in [-0.4, -0.2) is 16.1 Å². The summed E-state index contributed by atoms with van der Waals surface area (Å²) >= 11 is 0. The maximum atomic E-state index is 13.4. The minimum atomic E-state index is -0.885. The Labute approximate surface area is 77.9 Å². The van der Waals surface area contributed by atoms with Crippen LogP contribution in [0.2, 0.25) is 0 Å². The number of carbonyl (C=O) groups is 1. The fourth-order valence-corrected chi connectivity index (χ4v) is 1.34. The predicted molar refractivity (Wildman–Crippen MR) is 46.0 cm³/mol. The number of benzene rings is 1. The summed E-state index contributed by atoms with van der Waals surface area (Å²) in [6, 6.07) is 1.04. The maximum Gasteiger partial charge on any atom is 0.155 e. The first-order valence-electron chi connectivity index (χ1n) is 3.90. The lowest BCUT2D eigenvalue weighted by atomic mass is 10.1. The highest BCUT2D eigenvalue weighted by Gasteiger charge is 2.14. The molecular formula is C9H6F2N2O. The number of aryl methyl sites for hydroxylation is 1. The molecule has 0 fully saturated rings. The van der Waals surface area contributed by atoms with Gasteiger partial charge in [-0.15, -0.1) is 0 Å². The number of aldehydes is 1. The summed E-state index contributed by atoms with van der Waals surface area (Å²) in [6.45, 7) is 0. The SMILES string of the molecule is Cn1cc2c(F)c(C=O)c(F)cc2n1. The molecule has 0 saturated heterocycles. The van der Waals surface area contributed by atoms with E-state index in [4.69, 9.17) is 0 Å². The first-order valence-corrected chi connectivity index (χ1v) is 3.90. The molecule has 0 bridgehead atoms. The van der Waals surface area contributed by atoms with Crippen LogP contribution in [0.15, 0.2) is 12.3 Å². The molecule has 5 heteroatoms. The Morgan fingerprint density at radius 1 is 1.50 bits per heavy atom. The van der Waals surface area contributed by atoms with Crippen molar-refractivity contribution in [3.05, 3.63) is 29.5 Å². The van der Waals surface area contributed by atoms with Gasteiger partial charge >= 0.3 is 0 Å². The largest absolute Gasteiger partial charge is 0.298 e. The van der Waals surface area contributed by atoms with E-state index in [1.165, 1.54) is 10.9 Å². The molecule has 0 amide bonds. The van der Waals surface area contributed by atoms with E-state index in [1.807, 2.05) is 0 Å². The number of hydrogen-bond acceptors (Lipinski definition) is 2. The summed E-state index contributed by atoms with van der Waals surface area (Å²) < 4.78 is 27.9. The van der Waals surface area contributed by atoms with Gasteiger partial charge in [0, 0.05) is 19.3 Å². The second-order valence-electron chi connectivity index (χ2n) is 2.94.